The Hall–Kier alpha value is -1.66. The lowest BCUT2D eigenvalue weighted by atomic mass is 10.2. The molecule has 2 aromatic carbocycles. The Kier molecular flexibility index (Phi) is 5.96. The van der Waals surface area contributed by atoms with E-state index in [2.05, 4.69) is 0 Å². The van der Waals surface area contributed by atoms with Crippen molar-refractivity contribution in [3.05, 3.63) is 67.3 Å². The average Bonchev–Trinajstić information content (AvgIpc) is 2.48. The second-order valence-corrected chi connectivity index (χ2v) is 5.94. The molecule has 5 nitrogen and oxygen atoms in total. The van der Waals surface area contributed by atoms with Gasteiger partial charge in [-0.1, -0.05) is 46.4 Å². The first-order chi connectivity index (χ1) is 10.9. The Morgan fingerprint density at radius 2 is 1.83 bits per heavy atom. The van der Waals surface area contributed by atoms with Crippen LogP contribution in [0.5, 0.6) is 17.2 Å². The van der Waals surface area contributed by atoms with Crippen molar-refractivity contribution >= 4 is 52.1 Å². The van der Waals surface area contributed by atoms with Gasteiger partial charge in [0.25, 0.3) is 0 Å². The highest BCUT2D eigenvalue weighted by molar-refractivity contribution is 6.55. The van der Waals surface area contributed by atoms with Crippen molar-refractivity contribution in [3.8, 4) is 17.2 Å². The van der Waals surface area contributed by atoms with Crippen LogP contribution >= 0.6 is 46.4 Å². The Bertz CT molecular complexity index is 775. The average molecular weight is 395 g/mol. The quantitative estimate of drug-likeness (QED) is 0.336. The van der Waals surface area contributed by atoms with E-state index < -0.39 is 4.92 Å². The molecule has 0 fully saturated rings. The number of benzene rings is 2. The first-order valence-electron chi connectivity index (χ1n) is 5.96. The molecule has 0 aliphatic rings. The van der Waals surface area contributed by atoms with Crippen molar-refractivity contribution in [3.63, 3.8) is 0 Å². The number of ether oxygens (including phenoxy) is 2. The van der Waals surface area contributed by atoms with E-state index in [1.54, 1.807) is 12.1 Å². The normalized spacial score (nSPS) is 10.1. The van der Waals surface area contributed by atoms with E-state index in [1.807, 2.05) is 0 Å². The van der Waals surface area contributed by atoms with E-state index in [0.717, 1.165) is 6.26 Å². The standard InChI is InChI=1S/C14H7Cl4NO4/c15-8-1-4-12(10(16)5-8)23-9-2-3-11(19(20)21)13(6-9)22-7-14(17)18/h1-7H. The van der Waals surface area contributed by atoms with Crippen LogP contribution in [0.15, 0.2) is 47.2 Å². The zero-order valence-electron chi connectivity index (χ0n) is 11.1. The van der Waals surface area contributed by atoms with Crippen LogP contribution in [0.4, 0.5) is 5.69 Å². The van der Waals surface area contributed by atoms with Crippen molar-refractivity contribution in [2.45, 2.75) is 0 Å². The molecule has 0 aliphatic carbocycles. The molecule has 0 saturated heterocycles. The maximum Gasteiger partial charge on any atom is 0.311 e. The van der Waals surface area contributed by atoms with Crippen LogP contribution in [-0.2, 0) is 0 Å². The van der Waals surface area contributed by atoms with Crippen molar-refractivity contribution in [2.75, 3.05) is 0 Å². The summed E-state index contributed by atoms with van der Waals surface area (Å²) in [6.07, 6.45) is 0.963. The van der Waals surface area contributed by atoms with Gasteiger partial charge < -0.3 is 9.47 Å². The highest BCUT2D eigenvalue weighted by Crippen LogP contribution is 2.36. The van der Waals surface area contributed by atoms with Crippen molar-refractivity contribution in [1.82, 2.24) is 0 Å². The summed E-state index contributed by atoms with van der Waals surface area (Å²) in [5.41, 5.74) is -0.273. The maximum atomic E-state index is 11.0. The van der Waals surface area contributed by atoms with E-state index in [1.165, 1.54) is 24.3 Å². The van der Waals surface area contributed by atoms with E-state index in [4.69, 9.17) is 55.9 Å². The highest BCUT2D eigenvalue weighted by Gasteiger charge is 2.17. The van der Waals surface area contributed by atoms with Crippen LogP contribution in [-0.4, -0.2) is 4.92 Å². The molecule has 0 N–H and O–H groups in total. The minimum atomic E-state index is -0.607. The molecular formula is C14H7Cl4NO4. The summed E-state index contributed by atoms with van der Waals surface area (Å²) in [7, 11) is 0. The molecule has 0 radical (unpaired) electrons. The molecule has 0 bridgehead atoms. The molecule has 9 heteroatoms. The molecule has 120 valence electrons. The second kappa shape index (κ2) is 7.75. The predicted octanol–water partition coefficient (Wildman–Crippen LogP) is 6.35. The van der Waals surface area contributed by atoms with Crippen LogP contribution in [0, 0.1) is 10.1 Å². The molecule has 0 aliphatic heterocycles. The predicted molar refractivity (Wildman–Crippen MR) is 90.0 cm³/mol. The summed E-state index contributed by atoms with van der Waals surface area (Å²) in [6, 6.07) is 8.63. The first kappa shape index (κ1) is 17.7. The lowest BCUT2D eigenvalue weighted by Crippen LogP contribution is -1.94. The van der Waals surface area contributed by atoms with E-state index in [-0.39, 0.29) is 21.7 Å². The van der Waals surface area contributed by atoms with Crippen LogP contribution in [0.25, 0.3) is 0 Å². The number of nitro benzene ring substituents is 1. The van der Waals surface area contributed by atoms with Gasteiger partial charge >= 0.3 is 5.69 Å². The minimum absolute atomic E-state index is 0.0867. The fourth-order valence-electron chi connectivity index (χ4n) is 1.60. The SMILES string of the molecule is O=[N+]([O-])c1ccc(Oc2ccc(Cl)cc2Cl)cc1OC=C(Cl)Cl. The number of halogens is 4. The van der Waals surface area contributed by atoms with Gasteiger partial charge in [-0.3, -0.25) is 10.1 Å². The number of rotatable bonds is 5. The monoisotopic (exact) mass is 393 g/mol. The van der Waals surface area contributed by atoms with Crippen molar-refractivity contribution in [1.29, 1.82) is 0 Å². The first-order valence-corrected chi connectivity index (χ1v) is 7.47. The fourth-order valence-corrected chi connectivity index (χ4v) is 2.13. The molecule has 0 unspecified atom stereocenters. The summed E-state index contributed by atoms with van der Waals surface area (Å²) in [4.78, 5) is 10.4. The molecule has 2 rings (SSSR count). The lowest BCUT2D eigenvalue weighted by molar-refractivity contribution is -0.385. The Labute approximate surface area is 151 Å². The molecule has 23 heavy (non-hydrogen) atoms. The molecule has 0 spiro atoms. The molecule has 0 atom stereocenters. The molecule has 0 amide bonds. The van der Waals surface area contributed by atoms with Gasteiger partial charge in [0.1, 0.15) is 22.3 Å². The summed E-state index contributed by atoms with van der Waals surface area (Å²) in [5, 5.41) is 11.7. The topological polar surface area (TPSA) is 61.6 Å². The molecule has 0 heterocycles. The largest absolute Gasteiger partial charge is 0.456 e. The van der Waals surface area contributed by atoms with Gasteiger partial charge in [-0.15, -0.1) is 0 Å². The Morgan fingerprint density at radius 1 is 1.09 bits per heavy atom. The smallest absolute Gasteiger partial charge is 0.311 e. The van der Waals surface area contributed by atoms with Gasteiger partial charge in [0.15, 0.2) is 0 Å². The molecular weight excluding hydrogens is 388 g/mol. The van der Waals surface area contributed by atoms with Crippen LogP contribution in [0.3, 0.4) is 0 Å². The van der Waals surface area contributed by atoms with E-state index >= 15 is 0 Å². The molecule has 0 aromatic heterocycles. The van der Waals surface area contributed by atoms with Crippen molar-refractivity contribution in [2.24, 2.45) is 0 Å². The maximum absolute atomic E-state index is 11.0. The zero-order chi connectivity index (χ0) is 17.0. The van der Waals surface area contributed by atoms with Crippen LogP contribution in [0.1, 0.15) is 0 Å². The number of hydrogen-bond donors (Lipinski definition) is 0. The van der Waals surface area contributed by atoms with Gasteiger partial charge in [0.05, 0.1) is 9.95 Å². The summed E-state index contributed by atoms with van der Waals surface area (Å²) in [6.45, 7) is 0. The van der Waals surface area contributed by atoms with Gasteiger partial charge in [-0.05, 0) is 24.3 Å². The Morgan fingerprint density at radius 3 is 2.43 bits per heavy atom. The fraction of sp³-hybridized carbons (Fsp3) is 0. The third-order valence-corrected chi connectivity index (χ3v) is 3.23. The summed E-state index contributed by atoms with van der Waals surface area (Å²) in [5.74, 6) is 0.520. The molecule has 2 aromatic rings. The van der Waals surface area contributed by atoms with Crippen LogP contribution in [0.2, 0.25) is 10.0 Å². The highest BCUT2D eigenvalue weighted by atomic mass is 35.5. The third kappa shape index (κ3) is 4.91. The zero-order valence-corrected chi connectivity index (χ0v) is 14.2. The molecule has 0 saturated carbocycles. The second-order valence-electron chi connectivity index (χ2n) is 4.09. The summed E-state index contributed by atoms with van der Waals surface area (Å²) >= 11 is 22.7. The van der Waals surface area contributed by atoms with E-state index in [0.29, 0.717) is 15.8 Å². The van der Waals surface area contributed by atoms with Crippen molar-refractivity contribution < 1.29 is 14.4 Å². The van der Waals surface area contributed by atoms with Gasteiger partial charge in [-0.25, -0.2) is 0 Å². The summed E-state index contributed by atoms with van der Waals surface area (Å²) < 4.78 is 10.5. The van der Waals surface area contributed by atoms with Crippen LogP contribution < -0.4 is 9.47 Å². The lowest BCUT2D eigenvalue weighted by Gasteiger charge is -2.09. The third-order valence-electron chi connectivity index (χ3n) is 2.52. The Balaban J connectivity index is 2.34. The number of nitrogens with zero attached hydrogens (tertiary/aromatic N) is 1. The van der Waals surface area contributed by atoms with Gasteiger partial charge in [0, 0.05) is 17.2 Å². The van der Waals surface area contributed by atoms with E-state index in [9.17, 15) is 10.1 Å². The minimum Gasteiger partial charge on any atom is -0.456 e. The number of nitro groups is 1. The van der Waals surface area contributed by atoms with Gasteiger partial charge in [-0.2, -0.15) is 0 Å². The van der Waals surface area contributed by atoms with Gasteiger partial charge in [0.2, 0.25) is 5.75 Å². The number of hydrogen-bond acceptors (Lipinski definition) is 4.